The van der Waals surface area contributed by atoms with Gasteiger partial charge in [0, 0.05) is 16.0 Å². The number of fused-ring (bicyclic) bond motifs is 1. The monoisotopic (exact) mass is 493 g/mol. The second-order valence-electron chi connectivity index (χ2n) is 7.49. The smallest absolute Gasteiger partial charge is 0.237 e. The van der Waals surface area contributed by atoms with Gasteiger partial charge in [-0.25, -0.2) is 9.97 Å². The molecule has 2 N–H and O–H groups in total. The summed E-state index contributed by atoms with van der Waals surface area (Å²) in [7, 11) is 0. The summed E-state index contributed by atoms with van der Waals surface area (Å²) in [5, 5.41) is 13.8. The molecule has 0 saturated carbocycles. The number of carbonyl (C=O) groups excluding carboxylic acids is 2. The minimum Gasteiger partial charge on any atom is -0.506 e. The molecule has 1 amide bonds. The Morgan fingerprint density at radius 2 is 2.00 bits per heavy atom. The van der Waals surface area contributed by atoms with E-state index in [9.17, 15) is 14.7 Å². The molecule has 1 atom stereocenters. The van der Waals surface area contributed by atoms with E-state index in [0.717, 1.165) is 32.0 Å². The predicted octanol–water partition coefficient (Wildman–Crippen LogP) is 5.70. The second kappa shape index (κ2) is 10.2. The number of rotatable bonds is 8. The first-order valence-electron chi connectivity index (χ1n) is 10.6. The van der Waals surface area contributed by atoms with Crippen LogP contribution in [0.25, 0.3) is 21.3 Å². The van der Waals surface area contributed by atoms with Gasteiger partial charge < -0.3 is 15.2 Å². The third-order valence-electron chi connectivity index (χ3n) is 5.16. The highest BCUT2D eigenvalue weighted by molar-refractivity contribution is 8.00. The molecule has 0 aliphatic heterocycles. The van der Waals surface area contributed by atoms with Crippen molar-refractivity contribution in [2.24, 2.45) is 0 Å². The Labute approximate surface area is 205 Å². The molecule has 4 rings (SSSR count). The van der Waals surface area contributed by atoms with E-state index in [1.165, 1.54) is 36.3 Å². The molecule has 2 aromatic carbocycles. The highest BCUT2D eigenvalue weighted by atomic mass is 32.2. The first kappa shape index (κ1) is 23.7. The molecule has 0 radical (unpaired) electrons. The Hall–Kier alpha value is -3.43. The number of ether oxygens (including phenoxy) is 1. The molecule has 4 aromatic rings. The van der Waals surface area contributed by atoms with Gasteiger partial charge in [0.25, 0.3) is 0 Å². The average Bonchev–Trinajstić information content (AvgIpc) is 3.18. The van der Waals surface area contributed by atoms with Gasteiger partial charge in [0.15, 0.2) is 0 Å². The Bertz CT molecular complexity index is 1350. The van der Waals surface area contributed by atoms with Crippen molar-refractivity contribution < 1.29 is 19.4 Å². The number of carbonyl (C=O) groups is 2. The van der Waals surface area contributed by atoms with Gasteiger partial charge >= 0.3 is 0 Å². The molecular weight excluding hydrogens is 470 g/mol. The van der Waals surface area contributed by atoms with Gasteiger partial charge in [-0.05, 0) is 56.7 Å². The highest BCUT2D eigenvalue weighted by Crippen LogP contribution is 2.42. The molecule has 0 bridgehead atoms. The van der Waals surface area contributed by atoms with Gasteiger partial charge in [-0.2, -0.15) is 0 Å². The standard InChI is InChI=1S/C25H23N3O4S2/c1-4-32-18-8-6-17(7-9-18)21-14(2)33-24-22(21)25(27-13-26-24)34-15(3)23(31)28-19-11-16(12-29)5-10-20(19)30/h5-13,15,30H,4H2,1-3H3,(H,28,31). The normalized spacial score (nSPS) is 11.9. The fourth-order valence-electron chi connectivity index (χ4n) is 3.52. The largest absolute Gasteiger partial charge is 0.506 e. The number of hydrogen-bond acceptors (Lipinski definition) is 8. The first-order chi connectivity index (χ1) is 16.4. The van der Waals surface area contributed by atoms with Crippen molar-refractivity contribution in [3.63, 3.8) is 0 Å². The zero-order valence-electron chi connectivity index (χ0n) is 18.9. The molecule has 0 aliphatic rings. The molecule has 0 aliphatic carbocycles. The van der Waals surface area contributed by atoms with Crippen LogP contribution in [0, 0.1) is 6.92 Å². The van der Waals surface area contributed by atoms with Crippen molar-refractivity contribution in [3.8, 4) is 22.6 Å². The van der Waals surface area contributed by atoms with Crippen molar-refractivity contribution in [3.05, 3.63) is 59.2 Å². The number of hydrogen-bond donors (Lipinski definition) is 2. The fourth-order valence-corrected chi connectivity index (χ4v) is 5.52. The number of nitrogens with zero attached hydrogens (tertiary/aromatic N) is 2. The van der Waals surface area contributed by atoms with Crippen LogP contribution in [0.3, 0.4) is 0 Å². The molecule has 0 saturated heterocycles. The van der Waals surface area contributed by atoms with E-state index in [-0.39, 0.29) is 17.3 Å². The lowest BCUT2D eigenvalue weighted by atomic mass is 10.0. The predicted molar refractivity (Wildman–Crippen MR) is 136 cm³/mol. The van der Waals surface area contributed by atoms with E-state index >= 15 is 0 Å². The number of phenolic OH excluding ortho intramolecular Hbond substituents is 1. The highest BCUT2D eigenvalue weighted by Gasteiger charge is 2.22. The zero-order valence-corrected chi connectivity index (χ0v) is 20.5. The lowest BCUT2D eigenvalue weighted by molar-refractivity contribution is -0.115. The summed E-state index contributed by atoms with van der Waals surface area (Å²) in [5.41, 5.74) is 2.61. The number of thioether (sulfide) groups is 1. The van der Waals surface area contributed by atoms with Gasteiger partial charge in [0.1, 0.15) is 34.0 Å². The van der Waals surface area contributed by atoms with E-state index in [2.05, 4.69) is 15.3 Å². The average molecular weight is 494 g/mol. The van der Waals surface area contributed by atoms with E-state index in [0.29, 0.717) is 23.5 Å². The third kappa shape index (κ3) is 4.90. The number of aromatic hydroxyl groups is 1. The van der Waals surface area contributed by atoms with Gasteiger partial charge in [-0.1, -0.05) is 23.9 Å². The summed E-state index contributed by atoms with van der Waals surface area (Å²) in [6.45, 7) is 6.37. The Morgan fingerprint density at radius 3 is 2.71 bits per heavy atom. The minimum absolute atomic E-state index is 0.105. The number of thiophene rings is 1. The quantitative estimate of drug-likeness (QED) is 0.140. The van der Waals surface area contributed by atoms with Crippen molar-refractivity contribution in [2.45, 2.75) is 31.0 Å². The van der Waals surface area contributed by atoms with Crippen molar-refractivity contribution in [2.75, 3.05) is 11.9 Å². The van der Waals surface area contributed by atoms with Crippen LogP contribution in [0.1, 0.15) is 29.1 Å². The molecule has 0 spiro atoms. The fraction of sp³-hybridized carbons (Fsp3) is 0.200. The molecule has 7 nitrogen and oxygen atoms in total. The van der Waals surface area contributed by atoms with Crippen LogP contribution in [-0.4, -0.2) is 39.1 Å². The molecule has 9 heteroatoms. The summed E-state index contributed by atoms with van der Waals surface area (Å²) >= 11 is 2.90. The molecule has 0 fully saturated rings. The summed E-state index contributed by atoms with van der Waals surface area (Å²) in [6, 6.07) is 12.2. The van der Waals surface area contributed by atoms with Crippen LogP contribution < -0.4 is 10.1 Å². The number of anilines is 1. The molecule has 2 aromatic heterocycles. The molecular formula is C25H23N3O4S2. The van der Waals surface area contributed by atoms with Crippen LogP contribution in [0.4, 0.5) is 5.69 Å². The van der Waals surface area contributed by atoms with Crippen LogP contribution in [0.5, 0.6) is 11.5 Å². The van der Waals surface area contributed by atoms with Crippen LogP contribution in [0.2, 0.25) is 0 Å². The van der Waals surface area contributed by atoms with Crippen LogP contribution >= 0.6 is 23.1 Å². The molecule has 1 unspecified atom stereocenters. The molecule has 2 heterocycles. The van der Waals surface area contributed by atoms with Gasteiger partial charge in [0.2, 0.25) is 5.91 Å². The van der Waals surface area contributed by atoms with Gasteiger partial charge in [-0.3, -0.25) is 9.59 Å². The van der Waals surface area contributed by atoms with E-state index in [4.69, 9.17) is 4.74 Å². The van der Waals surface area contributed by atoms with Crippen LogP contribution in [0.15, 0.2) is 53.8 Å². The number of nitrogens with one attached hydrogen (secondary N) is 1. The number of aryl methyl sites for hydroxylation is 1. The maximum absolute atomic E-state index is 12.9. The summed E-state index contributed by atoms with van der Waals surface area (Å²) in [4.78, 5) is 34.8. The summed E-state index contributed by atoms with van der Waals surface area (Å²) in [6.07, 6.45) is 2.17. The second-order valence-corrected chi connectivity index (χ2v) is 10.0. The lowest BCUT2D eigenvalue weighted by Crippen LogP contribution is -2.22. The molecule has 34 heavy (non-hydrogen) atoms. The topological polar surface area (TPSA) is 101 Å². The summed E-state index contributed by atoms with van der Waals surface area (Å²) in [5.74, 6) is 0.387. The Kier molecular flexibility index (Phi) is 7.14. The van der Waals surface area contributed by atoms with E-state index < -0.39 is 5.25 Å². The Balaban J connectivity index is 1.63. The molecule has 174 valence electrons. The number of aromatic nitrogens is 2. The zero-order chi connectivity index (χ0) is 24.2. The van der Waals surface area contributed by atoms with E-state index in [1.807, 2.05) is 38.1 Å². The third-order valence-corrected chi connectivity index (χ3v) is 7.27. The van der Waals surface area contributed by atoms with Crippen molar-refractivity contribution >= 4 is 51.2 Å². The number of benzene rings is 2. The number of amides is 1. The number of phenols is 1. The maximum atomic E-state index is 12.9. The Morgan fingerprint density at radius 1 is 1.24 bits per heavy atom. The maximum Gasteiger partial charge on any atom is 0.237 e. The number of aldehydes is 1. The van der Waals surface area contributed by atoms with Crippen molar-refractivity contribution in [1.82, 2.24) is 9.97 Å². The van der Waals surface area contributed by atoms with Crippen molar-refractivity contribution in [1.29, 1.82) is 0 Å². The van der Waals surface area contributed by atoms with Crippen LogP contribution in [-0.2, 0) is 4.79 Å². The summed E-state index contributed by atoms with van der Waals surface area (Å²) < 4.78 is 5.56. The SMILES string of the molecule is CCOc1ccc(-c2c(C)sc3ncnc(SC(C)C(=O)Nc4cc(C=O)ccc4O)c23)cc1. The van der Waals surface area contributed by atoms with Gasteiger partial charge in [-0.15, -0.1) is 11.3 Å². The first-order valence-corrected chi connectivity index (χ1v) is 12.3. The minimum atomic E-state index is -0.522. The van der Waals surface area contributed by atoms with E-state index in [1.54, 1.807) is 18.3 Å². The van der Waals surface area contributed by atoms with Gasteiger partial charge in [0.05, 0.1) is 22.9 Å². The lowest BCUT2D eigenvalue weighted by Gasteiger charge is -2.14.